The van der Waals surface area contributed by atoms with Gasteiger partial charge in [-0.15, -0.1) is 10.2 Å². The van der Waals surface area contributed by atoms with Crippen LogP contribution in [0.2, 0.25) is 0 Å². The summed E-state index contributed by atoms with van der Waals surface area (Å²) < 4.78 is 16.5. The van der Waals surface area contributed by atoms with Crippen LogP contribution in [0.3, 0.4) is 0 Å². The number of fused-ring (bicyclic) bond motifs is 2. The molecule has 0 saturated carbocycles. The van der Waals surface area contributed by atoms with Gasteiger partial charge < -0.3 is 18.8 Å². The van der Waals surface area contributed by atoms with Gasteiger partial charge in [0.25, 0.3) is 0 Å². The molecule has 5 rings (SSSR count). The molecule has 0 N–H and O–H groups in total. The second-order valence-electron chi connectivity index (χ2n) is 7.29. The van der Waals surface area contributed by atoms with E-state index in [-0.39, 0.29) is 12.7 Å². The van der Waals surface area contributed by atoms with Gasteiger partial charge in [0.15, 0.2) is 11.5 Å². The Morgan fingerprint density at radius 2 is 1.83 bits per heavy atom. The van der Waals surface area contributed by atoms with Crippen LogP contribution in [0.5, 0.6) is 11.5 Å². The Morgan fingerprint density at radius 3 is 2.76 bits per heavy atom. The first-order valence-electron chi connectivity index (χ1n) is 9.79. The topological polar surface area (TPSA) is 77.7 Å². The highest BCUT2D eigenvalue weighted by Gasteiger charge is 2.21. The van der Waals surface area contributed by atoms with Crippen molar-refractivity contribution in [2.24, 2.45) is 0 Å². The third-order valence-corrected chi connectivity index (χ3v) is 5.34. The van der Waals surface area contributed by atoms with Crippen LogP contribution in [0, 0.1) is 0 Å². The maximum atomic E-state index is 12.6. The molecule has 2 aliphatic rings. The number of hydrogen-bond donors (Lipinski definition) is 0. The molecule has 2 aromatic carbocycles. The van der Waals surface area contributed by atoms with E-state index in [9.17, 15) is 4.79 Å². The van der Waals surface area contributed by atoms with Crippen LogP contribution in [0.15, 0.2) is 46.9 Å². The summed E-state index contributed by atoms with van der Waals surface area (Å²) in [7, 11) is 0. The maximum Gasteiger partial charge on any atom is 0.231 e. The van der Waals surface area contributed by atoms with Crippen molar-refractivity contribution in [3.63, 3.8) is 0 Å². The van der Waals surface area contributed by atoms with E-state index in [1.165, 1.54) is 11.1 Å². The van der Waals surface area contributed by atoms with Crippen LogP contribution in [0.4, 0.5) is 0 Å². The van der Waals surface area contributed by atoms with Crippen LogP contribution < -0.4 is 9.47 Å². The minimum absolute atomic E-state index is 0.120. The predicted molar refractivity (Wildman–Crippen MR) is 104 cm³/mol. The van der Waals surface area contributed by atoms with Crippen LogP contribution in [-0.2, 0) is 30.6 Å². The molecule has 1 aromatic heterocycles. The van der Waals surface area contributed by atoms with Gasteiger partial charge in [0, 0.05) is 25.9 Å². The molecule has 7 heteroatoms. The molecular weight excluding hydrogens is 370 g/mol. The Bertz CT molecular complexity index is 1050. The lowest BCUT2D eigenvalue weighted by Crippen LogP contribution is -2.36. The van der Waals surface area contributed by atoms with Gasteiger partial charge in [-0.2, -0.15) is 0 Å². The molecule has 3 heterocycles. The summed E-state index contributed by atoms with van der Waals surface area (Å²) in [6, 6.07) is 14.1. The van der Waals surface area contributed by atoms with Crippen molar-refractivity contribution >= 4 is 5.91 Å². The lowest BCUT2D eigenvalue weighted by molar-refractivity contribution is -0.132. The van der Waals surface area contributed by atoms with E-state index in [4.69, 9.17) is 13.9 Å². The molecule has 148 valence electrons. The van der Waals surface area contributed by atoms with Crippen LogP contribution in [-0.4, -0.2) is 34.3 Å². The van der Waals surface area contributed by atoms with Gasteiger partial charge in [0.1, 0.15) is 0 Å². The highest BCUT2D eigenvalue weighted by Crippen LogP contribution is 2.33. The molecule has 0 fully saturated rings. The number of carbonyl (C=O) groups excluding carboxylic acids is 1. The number of rotatable bonds is 5. The first-order valence-corrected chi connectivity index (χ1v) is 9.79. The number of nitrogens with zero attached hydrogens (tertiary/aromatic N) is 3. The number of amides is 1. The van der Waals surface area contributed by atoms with Crippen LogP contribution in [0.25, 0.3) is 0 Å². The van der Waals surface area contributed by atoms with Crippen molar-refractivity contribution in [2.45, 2.75) is 32.2 Å². The zero-order chi connectivity index (χ0) is 19.6. The maximum absolute atomic E-state index is 12.6. The highest BCUT2D eigenvalue weighted by molar-refractivity contribution is 5.76. The van der Waals surface area contributed by atoms with E-state index in [0.29, 0.717) is 37.6 Å². The highest BCUT2D eigenvalue weighted by atomic mass is 16.7. The van der Waals surface area contributed by atoms with Crippen molar-refractivity contribution in [2.75, 3.05) is 13.3 Å². The van der Waals surface area contributed by atoms with E-state index >= 15 is 0 Å². The molecule has 0 saturated heterocycles. The zero-order valence-electron chi connectivity index (χ0n) is 16.0. The summed E-state index contributed by atoms with van der Waals surface area (Å²) in [6.45, 7) is 1.68. The number of hydrogen-bond acceptors (Lipinski definition) is 6. The molecule has 2 aliphatic heterocycles. The second-order valence-corrected chi connectivity index (χ2v) is 7.29. The van der Waals surface area contributed by atoms with E-state index < -0.39 is 0 Å². The van der Waals surface area contributed by atoms with Gasteiger partial charge in [-0.3, -0.25) is 4.79 Å². The van der Waals surface area contributed by atoms with E-state index in [0.717, 1.165) is 30.0 Å². The quantitative estimate of drug-likeness (QED) is 0.666. The van der Waals surface area contributed by atoms with E-state index in [1.54, 1.807) is 0 Å². The third-order valence-electron chi connectivity index (χ3n) is 5.34. The summed E-state index contributed by atoms with van der Waals surface area (Å²) in [4.78, 5) is 14.5. The average Bonchev–Trinajstić information content (AvgIpc) is 3.40. The fourth-order valence-corrected chi connectivity index (χ4v) is 3.77. The van der Waals surface area contributed by atoms with Crippen molar-refractivity contribution in [1.29, 1.82) is 0 Å². The number of aryl methyl sites for hydroxylation is 1. The SMILES string of the molecule is O=C(CCc1nnc(Cc2ccc3c(c2)OCO3)o1)N1CCc2ccccc2C1. The fourth-order valence-electron chi connectivity index (χ4n) is 3.77. The third kappa shape index (κ3) is 3.81. The van der Waals surface area contributed by atoms with Gasteiger partial charge in [0.05, 0.1) is 6.42 Å². The Kier molecular flexibility index (Phi) is 4.63. The zero-order valence-corrected chi connectivity index (χ0v) is 16.0. The van der Waals surface area contributed by atoms with Crippen LogP contribution in [0.1, 0.15) is 34.9 Å². The second kappa shape index (κ2) is 7.58. The van der Waals surface area contributed by atoms with Crippen LogP contribution >= 0.6 is 0 Å². The summed E-state index contributed by atoms with van der Waals surface area (Å²) in [5, 5.41) is 8.21. The molecule has 1 amide bonds. The minimum Gasteiger partial charge on any atom is -0.454 e. The Morgan fingerprint density at radius 1 is 1.00 bits per heavy atom. The van der Waals surface area contributed by atoms with Gasteiger partial charge in [-0.05, 0) is 35.2 Å². The number of carbonyl (C=O) groups is 1. The number of benzene rings is 2. The predicted octanol–water partition coefficient (Wildman–Crippen LogP) is 2.91. The first kappa shape index (κ1) is 17.7. The largest absolute Gasteiger partial charge is 0.454 e. The molecule has 0 unspecified atom stereocenters. The Hall–Kier alpha value is -3.35. The van der Waals surface area contributed by atoms with Crippen molar-refractivity contribution in [3.05, 3.63) is 70.9 Å². The van der Waals surface area contributed by atoms with E-state index in [1.807, 2.05) is 35.2 Å². The fraction of sp³-hybridized carbons (Fsp3) is 0.318. The summed E-state index contributed by atoms with van der Waals surface area (Å²) in [6.07, 6.45) is 2.24. The molecule has 3 aromatic rings. The van der Waals surface area contributed by atoms with Crippen molar-refractivity contribution < 1.29 is 18.7 Å². The molecule has 7 nitrogen and oxygen atoms in total. The normalized spacial score (nSPS) is 14.7. The Labute approximate surface area is 168 Å². The standard InChI is InChI=1S/C22H21N3O4/c26-22(25-10-9-16-3-1-2-4-17(16)13-25)8-7-20-23-24-21(29-20)12-15-5-6-18-19(11-15)28-14-27-18/h1-6,11H,7-10,12-14H2. The molecule has 0 spiro atoms. The van der Waals surface area contributed by atoms with Gasteiger partial charge >= 0.3 is 0 Å². The summed E-state index contributed by atoms with van der Waals surface area (Å²) in [5.74, 6) is 2.62. The first-order chi connectivity index (χ1) is 14.2. The molecule has 0 aliphatic carbocycles. The minimum atomic E-state index is 0.120. The molecule has 0 radical (unpaired) electrons. The summed E-state index contributed by atoms with van der Waals surface area (Å²) in [5.41, 5.74) is 3.57. The van der Waals surface area contributed by atoms with Crippen molar-refractivity contribution in [3.8, 4) is 11.5 Å². The van der Waals surface area contributed by atoms with Crippen molar-refractivity contribution in [1.82, 2.24) is 15.1 Å². The molecule has 29 heavy (non-hydrogen) atoms. The summed E-state index contributed by atoms with van der Waals surface area (Å²) >= 11 is 0. The van der Waals surface area contributed by atoms with Gasteiger partial charge in [-0.1, -0.05) is 30.3 Å². The van der Waals surface area contributed by atoms with Gasteiger partial charge in [-0.25, -0.2) is 0 Å². The number of aromatic nitrogens is 2. The van der Waals surface area contributed by atoms with E-state index in [2.05, 4.69) is 22.3 Å². The molecular formula is C22H21N3O4. The lowest BCUT2D eigenvalue weighted by Gasteiger charge is -2.28. The number of ether oxygens (including phenoxy) is 2. The monoisotopic (exact) mass is 391 g/mol. The molecule has 0 atom stereocenters. The Balaban J connectivity index is 1.16. The lowest BCUT2D eigenvalue weighted by atomic mass is 9.99. The smallest absolute Gasteiger partial charge is 0.231 e. The molecule has 0 bridgehead atoms. The van der Waals surface area contributed by atoms with Gasteiger partial charge in [0.2, 0.25) is 24.5 Å². The average molecular weight is 391 g/mol.